The fourth-order valence-corrected chi connectivity index (χ4v) is 5.13. The van der Waals surface area contributed by atoms with E-state index in [-0.39, 0.29) is 12.2 Å². The molecule has 0 radical (unpaired) electrons. The molecule has 7 nitrogen and oxygen atoms in total. The molecule has 1 saturated heterocycles. The van der Waals surface area contributed by atoms with Crippen molar-refractivity contribution in [2.24, 2.45) is 5.92 Å². The number of amides is 1. The Morgan fingerprint density at radius 2 is 2.00 bits per heavy atom. The van der Waals surface area contributed by atoms with Crippen LogP contribution in [0.15, 0.2) is 54.7 Å². The van der Waals surface area contributed by atoms with Crippen LogP contribution in [-0.4, -0.2) is 53.6 Å². The third-order valence-corrected chi connectivity index (χ3v) is 7.30. The Bertz CT molecular complexity index is 1240. The van der Waals surface area contributed by atoms with Crippen molar-refractivity contribution in [1.82, 2.24) is 15.4 Å². The predicted octanol–water partition coefficient (Wildman–Crippen LogP) is 4.37. The van der Waals surface area contributed by atoms with E-state index in [0.717, 1.165) is 57.5 Å². The average molecular weight is 502 g/mol. The van der Waals surface area contributed by atoms with Gasteiger partial charge in [0.25, 0.3) is 5.91 Å². The highest BCUT2D eigenvalue weighted by atomic mass is 16.7. The Labute approximate surface area is 218 Å². The molecular formula is C30H35N3O4. The highest BCUT2D eigenvalue weighted by molar-refractivity contribution is 5.84. The van der Waals surface area contributed by atoms with Crippen molar-refractivity contribution in [2.45, 2.75) is 50.9 Å². The van der Waals surface area contributed by atoms with Crippen LogP contribution >= 0.6 is 0 Å². The van der Waals surface area contributed by atoms with Crippen molar-refractivity contribution < 1.29 is 19.5 Å². The van der Waals surface area contributed by atoms with E-state index in [0.29, 0.717) is 6.61 Å². The number of hydroxylamine groups is 1. The molecule has 0 bridgehead atoms. The molecule has 1 amide bonds. The lowest BCUT2D eigenvalue weighted by Gasteiger charge is -2.26. The summed E-state index contributed by atoms with van der Waals surface area (Å²) in [4.78, 5) is 17.6. The number of hydrogen-bond acceptors (Lipinski definition) is 5. The number of nitrogens with one attached hydrogen (secondary N) is 2. The van der Waals surface area contributed by atoms with E-state index in [9.17, 15) is 4.79 Å². The molecule has 5 rings (SSSR count). The Morgan fingerprint density at radius 1 is 1.14 bits per heavy atom. The smallest absolute Gasteiger partial charge is 0.260 e. The topological polar surface area (TPSA) is 86.8 Å². The second-order valence-electron chi connectivity index (χ2n) is 9.87. The van der Waals surface area contributed by atoms with Crippen LogP contribution in [0.1, 0.15) is 48.3 Å². The van der Waals surface area contributed by atoms with E-state index >= 15 is 0 Å². The monoisotopic (exact) mass is 501 g/mol. The molecule has 3 N–H and O–H groups in total. The maximum absolute atomic E-state index is 11.8. The van der Waals surface area contributed by atoms with Crippen LogP contribution in [0.2, 0.25) is 0 Å². The van der Waals surface area contributed by atoms with Gasteiger partial charge in [-0.2, -0.15) is 0 Å². The molecule has 7 heteroatoms. The molecule has 1 fully saturated rings. The van der Waals surface area contributed by atoms with Gasteiger partial charge in [0.05, 0.1) is 12.5 Å². The maximum Gasteiger partial charge on any atom is 0.260 e. The Hall–Kier alpha value is -3.15. The molecule has 194 valence electrons. The van der Waals surface area contributed by atoms with Gasteiger partial charge in [-0.25, -0.2) is 5.48 Å². The normalized spacial score (nSPS) is 20.9. The first-order valence-corrected chi connectivity index (χ1v) is 13.3. The summed E-state index contributed by atoms with van der Waals surface area (Å²) in [6.45, 7) is 4.20. The first-order valence-electron chi connectivity index (χ1n) is 13.3. The number of para-hydroxylation sites is 1. The van der Waals surface area contributed by atoms with Crippen LogP contribution in [-0.2, 0) is 27.2 Å². The van der Waals surface area contributed by atoms with E-state index in [2.05, 4.69) is 64.3 Å². The summed E-state index contributed by atoms with van der Waals surface area (Å²) in [6, 6.07) is 16.8. The molecule has 2 heterocycles. The number of ether oxygens (including phenoxy) is 2. The van der Waals surface area contributed by atoms with Crippen LogP contribution < -0.4 is 5.48 Å². The number of rotatable bonds is 12. The molecule has 2 aromatic carbocycles. The zero-order chi connectivity index (χ0) is 25.5. The van der Waals surface area contributed by atoms with Crippen molar-refractivity contribution in [1.29, 1.82) is 0 Å². The molecule has 3 aromatic rings. The van der Waals surface area contributed by atoms with Gasteiger partial charge >= 0.3 is 0 Å². The predicted molar refractivity (Wildman–Crippen MR) is 142 cm³/mol. The van der Waals surface area contributed by atoms with E-state index in [4.69, 9.17) is 14.7 Å². The fraction of sp³-hybridized carbons (Fsp3) is 0.433. The van der Waals surface area contributed by atoms with Crippen LogP contribution in [0, 0.1) is 17.8 Å². The number of aromatic nitrogens is 1. The molecule has 3 unspecified atom stereocenters. The van der Waals surface area contributed by atoms with Crippen molar-refractivity contribution in [3.8, 4) is 11.8 Å². The van der Waals surface area contributed by atoms with Crippen LogP contribution in [0.3, 0.4) is 0 Å². The van der Waals surface area contributed by atoms with Gasteiger partial charge in [-0.15, -0.1) is 0 Å². The van der Waals surface area contributed by atoms with Crippen molar-refractivity contribution >= 4 is 16.8 Å². The minimum Gasteiger partial charge on any atom is -0.361 e. The molecule has 1 aliphatic carbocycles. The number of carbonyl (C=O) groups excluding carboxylic acids is 1. The van der Waals surface area contributed by atoms with Crippen LogP contribution in [0.4, 0.5) is 0 Å². The minimum absolute atomic E-state index is 0.0488. The number of nitrogens with zero attached hydrogens (tertiary/aromatic N) is 1. The molecule has 0 spiro atoms. The van der Waals surface area contributed by atoms with Gasteiger partial charge in [0, 0.05) is 43.3 Å². The van der Waals surface area contributed by atoms with E-state index < -0.39 is 11.8 Å². The standard InChI is InChI=1S/C30H35N3O4/c34-30(32-35)27-14-13-25(27)23-11-9-22(10-12-23)21-33(16-5-19-37-29-8-3-4-18-36-29)17-15-24-20-31-28-7-2-1-6-26(24)28/h1-2,6-7,9-12,20,25,27,29,31,35H,3-5,8,15-19,21H2,(H,32,34). The van der Waals surface area contributed by atoms with Crippen molar-refractivity contribution in [3.63, 3.8) is 0 Å². The van der Waals surface area contributed by atoms with Gasteiger partial charge in [0.15, 0.2) is 6.29 Å². The number of fused-ring (bicyclic) bond motifs is 1. The van der Waals surface area contributed by atoms with Crippen LogP contribution in [0.5, 0.6) is 0 Å². The lowest BCUT2D eigenvalue weighted by atomic mass is 9.79. The third-order valence-electron chi connectivity index (χ3n) is 7.30. The number of H-pyrrole nitrogens is 1. The Kier molecular flexibility index (Phi) is 8.54. The SMILES string of the molecule is O=C(NO)C1C#CC1c1ccc(CN(CCCOC2CCCCO2)CCc2c[nH]c3ccccc23)cc1. The Balaban J connectivity index is 1.20. The molecule has 1 aromatic heterocycles. The highest BCUT2D eigenvalue weighted by Crippen LogP contribution is 2.30. The van der Waals surface area contributed by atoms with E-state index in [1.165, 1.54) is 28.5 Å². The van der Waals surface area contributed by atoms with E-state index in [1.807, 2.05) is 12.1 Å². The minimum atomic E-state index is -0.489. The van der Waals surface area contributed by atoms with Crippen LogP contribution in [0.25, 0.3) is 10.9 Å². The highest BCUT2D eigenvalue weighted by Gasteiger charge is 2.32. The number of benzene rings is 2. The second kappa shape index (κ2) is 12.4. The molecule has 2 aliphatic rings. The third kappa shape index (κ3) is 6.41. The molecular weight excluding hydrogens is 466 g/mol. The summed E-state index contributed by atoms with van der Waals surface area (Å²) in [5, 5.41) is 10.2. The molecule has 37 heavy (non-hydrogen) atoms. The summed E-state index contributed by atoms with van der Waals surface area (Å²) in [7, 11) is 0. The lowest BCUT2D eigenvalue weighted by molar-refractivity contribution is -0.163. The molecule has 0 saturated carbocycles. The van der Waals surface area contributed by atoms with Crippen molar-refractivity contribution in [2.75, 3.05) is 26.3 Å². The summed E-state index contributed by atoms with van der Waals surface area (Å²) in [5.74, 6) is 4.77. The lowest BCUT2D eigenvalue weighted by Crippen LogP contribution is -2.34. The number of carbonyl (C=O) groups is 1. The van der Waals surface area contributed by atoms with Gasteiger partial charge in [0.2, 0.25) is 0 Å². The zero-order valence-electron chi connectivity index (χ0n) is 21.1. The summed E-state index contributed by atoms with van der Waals surface area (Å²) < 4.78 is 11.7. The number of hydrogen-bond donors (Lipinski definition) is 3. The van der Waals surface area contributed by atoms with Crippen molar-refractivity contribution in [3.05, 3.63) is 71.4 Å². The second-order valence-corrected chi connectivity index (χ2v) is 9.87. The molecule has 1 aliphatic heterocycles. The fourth-order valence-electron chi connectivity index (χ4n) is 5.13. The van der Waals surface area contributed by atoms with E-state index in [1.54, 1.807) is 5.48 Å². The van der Waals surface area contributed by atoms with Gasteiger partial charge < -0.3 is 14.5 Å². The largest absolute Gasteiger partial charge is 0.361 e. The number of aromatic amines is 1. The van der Waals surface area contributed by atoms with Gasteiger partial charge in [-0.1, -0.05) is 54.3 Å². The Morgan fingerprint density at radius 3 is 2.76 bits per heavy atom. The van der Waals surface area contributed by atoms with Gasteiger partial charge in [-0.3, -0.25) is 14.9 Å². The zero-order valence-corrected chi connectivity index (χ0v) is 21.1. The van der Waals surface area contributed by atoms with Gasteiger partial charge in [0.1, 0.15) is 5.92 Å². The maximum atomic E-state index is 11.8. The summed E-state index contributed by atoms with van der Waals surface area (Å²) in [5.41, 5.74) is 6.44. The first-order chi connectivity index (χ1) is 18.2. The summed E-state index contributed by atoms with van der Waals surface area (Å²) in [6.07, 6.45) is 7.28. The quantitative estimate of drug-likeness (QED) is 0.149. The first kappa shape index (κ1) is 25.5. The molecule has 3 atom stereocenters. The average Bonchev–Trinajstić information content (AvgIpc) is 3.33. The summed E-state index contributed by atoms with van der Waals surface area (Å²) >= 11 is 0. The van der Waals surface area contributed by atoms with Gasteiger partial charge in [-0.05, 0) is 54.9 Å².